The van der Waals surface area contributed by atoms with E-state index in [1.165, 1.54) is 42.8 Å². The van der Waals surface area contributed by atoms with Crippen molar-refractivity contribution in [2.75, 3.05) is 4.90 Å². The molecule has 0 spiro atoms. The van der Waals surface area contributed by atoms with E-state index in [2.05, 4.69) is 41.3 Å². The Morgan fingerprint density at radius 3 is 2.32 bits per heavy atom. The minimum Gasteiger partial charge on any atom is -0.330 e. The second kappa shape index (κ2) is 5.98. The number of para-hydroxylation sites is 1. The third-order valence-corrected chi connectivity index (χ3v) is 5.00. The molecule has 0 radical (unpaired) electrons. The summed E-state index contributed by atoms with van der Waals surface area (Å²) in [4.78, 5) is 2.48. The van der Waals surface area contributed by atoms with Gasteiger partial charge in [0.2, 0.25) is 0 Å². The van der Waals surface area contributed by atoms with E-state index in [0.29, 0.717) is 6.04 Å². The largest absolute Gasteiger partial charge is 0.330 e. The van der Waals surface area contributed by atoms with Crippen LogP contribution in [0.3, 0.4) is 0 Å². The van der Waals surface area contributed by atoms with Crippen LogP contribution < -0.4 is 4.90 Å². The van der Waals surface area contributed by atoms with Gasteiger partial charge in [-0.1, -0.05) is 49.1 Å². The lowest BCUT2D eigenvalue weighted by Gasteiger charge is -2.35. The third kappa shape index (κ3) is 2.96. The van der Waals surface area contributed by atoms with Gasteiger partial charge < -0.3 is 4.90 Å². The Labute approximate surface area is 123 Å². The third-order valence-electron chi connectivity index (χ3n) is 3.77. The van der Waals surface area contributed by atoms with Crippen LogP contribution in [0.5, 0.6) is 0 Å². The molecule has 1 aliphatic rings. The molecule has 2 aromatic rings. The lowest BCUT2D eigenvalue weighted by atomic mass is 9.94. The summed E-state index contributed by atoms with van der Waals surface area (Å²) in [5.74, 6) is 0. The van der Waals surface area contributed by atoms with Gasteiger partial charge in [0.05, 0.1) is 9.34 Å². The maximum atomic E-state index is 6.12. The van der Waals surface area contributed by atoms with Crippen molar-refractivity contribution in [3.05, 3.63) is 46.8 Å². The second-order valence-corrected chi connectivity index (χ2v) is 6.77. The van der Waals surface area contributed by atoms with Crippen LogP contribution in [-0.2, 0) is 0 Å². The fraction of sp³-hybridized carbons (Fsp3) is 0.375. The molecular weight excluding hydrogens is 274 g/mol. The molecule has 0 aliphatic heterocycles. The van der Waals surface area contributed by atoms with Gasteiger partial charge in [-0.05, 0) is 37.1 Å². The zero-order valence-electron chi connectivity index (χ0n) is 10.9. The standard InChI is InChI=1S/C16H18ClNS/c17-15-11-12-16(19-15)18(13-7-3-1-4-8-13)14-9-5-2-6-10-14/h1,3-4,7-8,11-12,14H,2,5-6,9-10H2. The first-order valence-corrected chi connectivity index (χ1v) is 8.13. The van der Waals surface area contributed by atoms with Gasteiger partial charge in [0.15, 0.2) is 0 Å². The highest BCUT2D eigenvalue weighted by molar-refractivity contribution is 7.20. The van der Waals surface area contributed by atoms with Crippen molar-refractivity contribution < 1.29 is 0 Å². The van der Waals surface area contributed by atoms with Gasteiger partial charge in [0, 0.05) is 11.7 Å². The molecule has 1 nitrogen and oxygen atoms in total. The molecule has 1 fully saturated rings. The van der Waals surface area contributed by atoms with Crippen molar-refractivity contribution >= 4 is 33.6 Å². The minimum atomic E-state index is 0.617. The molecule has 100 valence electrons. The second-order valence-electron chi connectivity index (χ2n) is 5.08. The average Bonchev–Trinajstić information content (AvgIpc) is 2.88. The van der Waals surface area contributed by atoms with Crippen LogP contribution in [0.1, 0.15) is 32.1 Å². The van der Waals surface area contributed by atoms with Crippen molar-refractivity contribution in [2.24, 2.45) is 0 Å². The van der Waals surface area contributed by atoms with Crippen LogP contribution in [0.4, 0.5) is 10.7 Å². The predicted octanol–water partition coefficient (Wildman–Crippen LogP) is 5.87. The number of halogens is 1. The van der Waals surface area contributed by atoms with Crippen LogP contribution in [-0.4, -0.2) is 6.04 Å². The van der Waals surface area contributed by atoms with Gasteiger partial charge in [0.1, 0.15) is 0 Å². The molecule has 19 heavy (non-hydrogen) atoms. The topological polar surface area (TPSA) is 3.24 Å². The Balaban J connectivity index is 1.95. The molecule has 0 amide bonds. The van der Waals surface area contributed by atoms with Crippen LogP contribution in [0.15, 0.2) is 42.5 Å². The first-order chi connectivity index (χ1) is 9.34. The van der Waals surface area contributed by atoms with E-state index in [-0.39, 0.29) is 0 Å². The van der Waals surface area contributed by atoms with E-state index in [0.717, 1.165) is 4.34 Å². The molecule has 0 N–H and O–H groups in total. The number of hydrogen-bond acceptors (Lipinski definition) is 2. The minimum absolute atomic E-state index is 0.617. The zero-order valence-corrected chi connectivity index (χ0v) is 12.5. The SMILES string of the molecule is Clc1ccc(N(c2ccccc2)C2CCCCC2)s1. The lowest BCUT2D eigenvalue weighted by Crippen LogP contribution is -2.32. The highest BCUT2D eigenvalue weighted by atomic mass is 35.5. The normalized spacial score (nSPS) is 16.5. The summed E-state index contributed by atoms with van der Waals surface area (Å²) in [5.41, 5.74) is 1.29. The van der Waals surface area contributed by atoms with Gasteiger partial charge in [-0.3, -0.25) is 0 Å². The number of benzene rings is 1. The Bertz CT molecular complexity index is 517. The Hall–Kier alpha value is -0.990. The summed E-state index contributed by atoms with van der Waals surface area (Å²) < 4.78 is 0.867. The molecule has 0 bridgehead atoms. The van der Waals surface area contributed by atoms with Crippen LogP contribution in [0, 0.1) is 0 Å². The van der Waals surface area contributed by atoms with Gasteiger partial charge >= 0.3 is 0 Å². The summed E-state index contributed by atoms with van der Waals surface area (Å²) >= 11 is 7.80. The fourth-order valence-electron chi connectivity index (χ4n) is 2.88. The average molecular weight is 292 g/mol. The van der Waals surface area contributed by atoms with E-state index in [1.807, 2.05) is 6.07 Å². The molecule has 1 heterocycles. The molecule has 1 aromatic carbocycles. The highest BCUT2D eigenvalue weighted by Crippen LogP contribution is 2.39. The Kier molecular flexibility index (Phi) is 4.09. The van der Waals surface area contributed by atoms with Gasteiger partial charge in [0.25, 0.3) is 0 Å². The molecule has 1 aromatic heterocycles. The van der Waals surface area contributed by atoms with E-state index in [9.17, 15) is 0 Å². The smallest absolute Gasteiger partial charge is 0.0971 e. The lowest BCUT2D eigenvalue weighted by molar-refractivity contribution is 0.437. The number of hydrogen-bond donors (Lipinski definition) is 0. The fourth-order valence-corrected chi connectivity index (χ4v) is 4.00. The molecule has 3 rings (SSSR count). The maximum Gasteiger partial charge on any atom is 0.0971 e. The summed E-state index contributed by atoms with van der Waals surface area (Å²) in [5, 5.41) is 1.27. The molecule has 0 atom stereocenters. The highest BCUT2D eigenvalue weighted by Gasteiger charge is 2.23. The summed E-state index contributed by atoms with van der Waals surface area (Å²) in [6.07, 6.45) is 6.62. The molecule has 1 saturated carbocycles. The molecule has 0 saturated heterocycles. The van der Waals surface area contributed by atoms with Crippen molar-refractivity contribution in [1.29, 1.82) is 0 Å². The van der Waals surface area contributed by atoms with E-state index in [4.69, 9.17) is 11.6 Å². The van der Waals surface area contributed by atoms with Gasteiger partial charge in [-0.2, -0.15) is 0 Å². The van der Waals surface area contributed by atoms with E-state index < -0.39 is 0 Å². The van der Waals surface area contributed by atoms with Crippen LogP contribution in [0.25, 0.3) is 0 Å². The summed E-state index contributed by atoms with van der Waals surface area (Å²) in [6, 6.07) is 15.5. The zero-order chi connectivity index (χ0) is 13.1. The quantitative estimate of drug-likeness (QED) is 0.683. The van der Waals surface area contributed by atoms with Gasteiger partial charge in [-0.15, -0.1) is 11.3 Å². The Morgan fingerprint density at radius 1 is 0.947 bits per heavy atom. The molecule has 3 heteroatoms. The number of rotatable bonds is 3. The molecular formula is C16H18ClNS. The van der Waals surface area contributed by atoms with Crippen molar-refractivity contribution in [3.8, 4) is 0 Å². The van der Waals surface area contributed by atoms with E-state index in [1.54, 1.807) is 11.3 Å². The monoisotopic (exact) mass is 291 g/mol. The van der Waals surface area contributed by atoms with Gasteiger partial charge in [-0.25, -0.2) is 0 Å². The summed E-state index contributed by atoms with van der Waals surface area (Å²) in [7, 11) is 0. The summed E-state index contributed by atoms with van der Waals surface area (Å²) in [6.45, 7) is 0. The first kappa shape index (κ1) is 13.0. The van der Waals surface area contributed by atoms with Crippen molar-refractivity contribution in [1.82, 2.24) is 0 Å². The Morgan fingerprint density at radius 2 is 1.68 bits per heavy atom. The van der Waals surface area contributed by atoms with Crippen LogP contribution >= 0.6 is 22.9 Å². The molecule has 0 unspecified atom stereocenters. The predicted molar refractivity (Wildman–Crippen MR) is 84.8 cm³/mol. The number of nitrogens with zero attached hydrogens (tertiary/aromatic N) is 1. The van der Waals surface area contributed by atoms with E-state index >= 15 is 0 Å². The van der Waals surface area contributed by atoms with Crippen molar-refractivity contribution in [3.63, 3.8) is 0 Å². The first-order valence-electron chi connectivity index (χ1n) is 6.94. The number of thiophene rings is 1. The van der Waals surface area contributed by atoms with Crippen LogP contribution in [0.2, 0.25) is 4.34 Å². The van der Waals surface area contributed by atoms with Crippen molar-refractivity contribution in [2.45, 2.75) is 38.1 Å². The molecule has 1 aliphatic carbocycles. The maximum absolute atomic E-state index is 6.12. The number of anilines is 2.